The fraction of sp³-hybridized carbons (Fsp3) is 0.250. The Labute approximate surface area is 217 Å². The van der Waals surface area contributed by atoms with E-state index < -0.39 is 23.9 Å². The lowest BCUT2D eigenvalue weighted by Gasteiger charge is -2.28. The summed E-state index contributed by atoms with van der Waals surface area (Å²) in [5.74, 6) is -0.523. The largest absolute Gasteiger partial charge is 0.493 e. The molecule has 3 rings (SSSR count). The van der Waals surface area contributed by atoms with Crippen molar-refractivity contribution in [2.75, 3.05) is 20.3 Å². The smallest absolute Gasteiger partial charge is 0.338 e. The van der Waals surface area contributed by atoms with Gasteiger partial charge >= 0.3 is 12.0 Å². The molecule has 10 nitrogen and oxygen atoms in total. The van der Waals surface area contributed by atoms with Gasteiger partial charge in [-0.05, 0) is 43.7 Å². The van der Waals surface area contributed by atoms with Crippen LogP contribution in [-0.4, -0.2) is 44.4 Å². The van der Waals surface area contributed by atoms with E-state index in [1.54, 1.807) is 50.2 Å². The minimum atomic E-state index is -0.768. The molecule has 0 unspecified atom stereocenters. The van der Waals surface area contributed by atoms with E-state index >= 15 is 0 Å². The highest BCUT2D eigenvalue weighted by Crippen LogP contribution is 2.34. The molecule has 190 valence electrons. The molecule has 2 aromatic carbocycles. The highest BCUT2D eigenvalue weighted by molar-refractivity contribution is 6.38. The van der Waals surface area contributed by atoms with Crippen LogP contribution in [0.1, 0.15) is 31.0 Å². The van der Waals surface area contributed by atoms with Gasteiger partial charge in [0.25, 0.3) is 5.91 Å². The fourth-order valence-corrected chi connectivity index (χ4v) is 3.88. The van der Waals surface area contributed by atoms with Gasteiger partial charge in [0.2, 0.25) is 0 Å². The van der Waals surface area contributed by atoms with Crippen LogP contribution < -0.4 is 25.5 Å². The number of esters is 1. The number of carbonyl (C=O) groups is 3. The van der Waals surface area contributed by atoms with Crippen molar-refractivity contribution in [3.63, 3.8) is 0 Å². The highest BCUT2D eigenvalue weighted by Gasteiger charge is 2.32. The van der Waals surface area contributed by atoms with Gasteiger partial charge in [-0.15, -0.1) is 0 Å². The van der Waals surface area contributed by atoms with E-state index in [2.05, 4.69) is 21.2 Å². The number of methoxy groups -OCH3 is 1. The summed E-state index contributed by atoms with van der Waals surface area (Å²) in [7, 11) is 1.43. The number of rotatable bonds is 9. The van der Waals surface area contributed by atoms with Gasteiger partial charge in [-0.25, -0.2) is 15.0 Å². The van der Waals surface area contributed by atoms with Gasteiger partial charge in [-0.3, -0.25) is 4.79 Å². The van der Waals surface area contributed by atoms with Crippen LogP contribution in [0, 0.1) is 0 Å². The zero-order valence-corrected chi connectivity index (χ0v) is 21.2. The third kappa shape index (κ3) is 6.46. The quantitative estimate of drug-likeness (QED) is 0.255. The lowest BCUT2D eigenvalue weighted by Crippen LogP contribution is -2.45. The summed E-state index contributed by atoms with van der Waals surface area (Å²) in [6.45, 7) is 3.14. The molecule has 1 aliphatic rings. The molecular formula is C24H24Cl2N4O6. The Morgan fingerprint density at radius 2 is 1.89 bits per heavy atom. The van der Waals surface area contributed by atoms with Crippen LogP contribution in [0.15, 0.2) is 52.8 Å². The summed E-state index contributed by atoms with van der Waals surface area (Å²) < 4.78 is 16.1. The second-order valence-corrected chi connectivity index (χ2v) is 8.23. The topological polar surface area (TPSA) is 127 Å². The fourth-order valence-electron chi connectivity index (χ4n) is 3.38. The van der Waals surface area contributed by atoms with Crippen molar-refractivity contribution in [2.45, 2.75) is 19.9 Å². The molecule has 1 atom stereocenters. The van der Waals surface area contributed by atoms with Gasteiger partial charge in [-0.1, -0.05) is 35.3 Å². The maximum absolute atomic E-state index is 12.5. The average Bonchev–Trinajstić information content (AvgIpc) is 2.84. The van der Waals surface area contributed by atoms with Crippen LogP contribution in [0.3, 0.4) is 0 Å². The predicted octanol–water partition coefficient (Wildman–Crippen LogP) is 3.72. The Balaban J connectivity index is 1.70. The molecule has 1 heterocycles. The first kappa shape index (κ1) is 26.8. The minimum Gasteiger partial charge on any atom is -0.493 e. The van der Waals surface area contributed by atoms with Crippen LogP contribution in [0.5, 0.6) is 11.5 Å². The number of allylic oxidation sites excluding steroid dienone is 1. The summed E-state index contributed by atoms with van der Waals surface area (Å²) >= 11 is 12.1. The maximum Gasteiger partial charge on any atom is 0.338 e. The first-order valence-corrected chi connectivity index (χ1v) is 11.5. The number of amides is 3. The third-order valence-corrected chi connectivity index (χ3v) is 5.69. The van der Waals surface area contributed by atoms with Crippen LogP contribution in [0.2, 0.25) is 10.0 Å². The van der Waals surface area contributed by atoms with Gasteiger partial charge < -0.3 is 24.8 Å². The predicted molar refractivity (Wildman–Crippen MR) is 134 cm³/mol. The van der Waals surface area contributed by atoms with E-state index in [0.717, 1.165) is 0 Å². The van der Waals surface area contributed by atoms with E-state index in [1.165, 1.54) is 13.3 Å². The standard InChI is InChI=1S/C24H24Cl2N4O6/c1-4-35-23(32)21-13(2)28-24(33)29-22(21)14-8-9-18(19(10-14)34-3)36-12-20(31)30-27-11-15-16(25)6-5-7-17(15)26/h5-11,22H,4,12H2,1-3H3,(H,30,31)(H2,28,29,33)/b27-11-/t22-/m1/s1. The zero-order valence-electron chi connectivity index (χ0n) is 19.7. The van der Waals surface area contributed by atoms with Crippen molar-refractivity contribution in [3.8, 4) is 11.5 Å². The van der Waals surface area contributed by atoms with E-state index in [-0.39, 0.29) is 24.5 Å². The summed E-state index contributed by atoms with van der Waals surface area (Å²) in [5.41, 5.74) is 4.01. The third-order valence-electron chi connectivity index (χ3n) is 5.03. The number of urea groups is 1. The SMILES string of the molecule is CCOC(=O)C1=C(C)NC(=O)N[C@@H]1c1ccc(OCC(=O)N/N=C\c2c(Cl)cccc2Cl)c(OC)c1. The first-order chi connectivity index (χ1) is 17.2. The molecule has 0 saturated carbocycles. The van der Waals surface area contributed by atoms with Crippen molar-refractivity contribution in [3.05, 3.63) is 68.8 Å². The number of nitrogens with zero attached hydrogens (tertiary/aromatic N) is 1. The van der Waals surface area contributed by atoms with E-state index in [1.807, 2.05) is 0 Å². The van der Waals surface area contributed by atoms with E-state index in [4.69, 9.17) is 37.4 Å². The molecule has 0 aliphatic carbocycles. The van der Waals surface area contributed by atoms with Crippen molar-refractivity contribution >= 4 is 47.3 Å². The van der Waals surface area contributed by atoms with Crippen LogP contribution >= 0.6 is 23.2 Å². The summed E-state index contributed by atoms with van der Waals surface area (Å²) in [4.78, 5) is 36.7. The van der Waals surface area contributed by atoms with Crippen molar-refractivity contribution < 1.29 is 28.6 Å². The van der Waals surface area contributed by atoms with Gasteiger partial charge in [0, 0.05) is 11.3 Å². The normalized spacial score (nSPS) is 15.2. The van der Waals surface area contributed by atoms with E-state index in [9.17, 15) is 14.4 Å². The van der Waals surface area contributed by atoms with Crippen LogP contribution in [-0.2, 0) is 14.3 Å². The van der Waals surface area contributed by atoms with Crippen molar-refractivity contribution in [1.82, 2.24) is 16.1 Å². The first-order valence-electron chi connectivity index (χ1n) is 10.8. The highest BCUT2D eigenvalue weighted by atomic mass is 35.5. The second-order valence-electron chi connectivity index (χ2n) is 7.42. The summed E-state index contributed by atoms with van der Waals surface area (Å²) in [6, 6.07) is 8.59. The Hall–Kier alpha value is -3.76. The van der Waals surface area contributed by atoms with E-state index in [0.29, 0.717) is 32.6 Å². The average molecular weight is 535 g/mol. The Bertz CT molecular complexity index is 1210. The van der Waals surface area contributed by atoms with Crippen molar-refractivity contribution in [2.24, 2.45) is 5.10 Å². The summed E-state index contributed by atoms with van der Waals surface area (Å²) in [5, 5.41) is 9.92. The molecule has 1 aliphatic heterocycles. The molecule has 12 heteroatoms. The number of benzene rings is 2. The lowest BCUT2D eigenvalue weighted by molar-refractivity contribution is -0.139. The van der Waals surface area contributed by atoms with Gasteiger partial charge in [0.05, 0.1) is 41.6 Å². The molecule has 0 saturated heterocycles. The molecule has 36 heavy (non-hydrogen) atoms. The molecule has 3 amide bonds. The van der Waals surface area contributed by atoms with Crippen LogP contribution in [0.4, 0.5) is 4.79 Å². The lowest BCUT2D eigenvalue weighted by atomic mass is 9.95. The molecule has 0 fully saturated rings. The van der Waals surface area contributed by atoms with Gasteiger partial charge in [0.1, 0.15) is 0 Å². The number of hydrazone groups is 1. The van der Waals surface area contributed by atoms with Crippen LogP contribution in [0.25, 0.3) is 0 Å². The number of hydrogen-bond acceptors (Lipinski definition) is 7. The Kier molecular flexibility index (Phi) is 9.15. The van der Waals surface area contributed by atoms with Gasteiger partial charge in [-0.2, -0.15) is 5.10 Å². The monoisotopic (exact) mass is 534 g/mol. The molecule has 0 spiro atoms. The molecule has 0 aromatic heterocycles. The Morgan fingerprint density at radius 1 is 1.17 bits per heavy atom. The Morgan fingerprint density at radius 3 is 2.56 bits per heavy atom. The molecule has 2 aromatic rings. The molecule has 0 bridgehead atoms. The number of nitrogens with one attached hydrogen (secondary N) is 3. The second kappa shape index (κ2) is 12.3. The number of ether oxygens (including phenoxy) is 3. The minimum absolute atomic E-state index is 0.184. The maximum atomic E-state index is 12.5. The number of hydrogen-bond donors (Lipinski definition) is 3. The summed E-state index contributed by atoms with van der Waals surface area (Å²) in [6.07, 6.45) is 1.34. The number of halogens is 2. The molecule has 0 radical (unpaired) electrons. The zero-order chi connectivity index (χ0) is 26.2. The van der Waals surface area contributed by atoms with Crippen molar-refractivity contribution in [1.29, 1.82) is 0 Å². The van der Waals surface area contributed by atoms with Gasteiger partial charge in [0.15, 0.2) is 18.1 Å². The molecule has 3 N–H and O–H groups in total. The number of carbonyl (C=O) groups excluding carboxylic acids is 3. The molecular weight excluding hydrogens is 511 g/mol.